The molecule has 0 atom stereocenters. The molecule has 0 bridgehead atoms. The molecule has 1 heterocycles. The summed E-state index contributed by atoms with van der Waals surface area (Å²) in [6.45, 7) is 4.25. The van der Waals surface area contributed by atoms with Gasteiger partial charge in [0.25, 0.3) is 0 Å². The second kappa shape index (κ2) is 6.54. The van der Waals surface area contributed by atoms with E-state index in [0.717, 1.165) is 29.7 Å². The molecule has 4 heteroatoms. The van der Waals surface area contributed by atoms with Crippen LogP contribution >= 0.6 is 15.9 Å². The molecule has 0 saturated carbocycles. The van der Waals surface area contributed by atoms with E-state index in [0.29, 0.717) is 6.54 Å². The van der Waals surface area contributed by atoms with Gasteiger partial charge in [0, 0.05) is 17.2 Å². The molecule has 0 aromatic carbocycles. The van der Waals surface area contributed by atoms with Gasteiger partial charge in [-0.25, -0.2) is 0 Å². The lowest BCUT2D eigenvalue weighted by atomic mass is 10.3. The van der Waals surface area contributed by atoms with Gasteiger partial charge in [0.1, 0.15) is 0 Å². The van der Waals surface area contributed by atoms with E-state index >= 15 is 0 Å². The van der Waals surface area contributed by atoms with Crippen molar-refractivity contribution in [2.24, 2.45) is 0 Å². The molecule has 0 N–H and O–H groups in total. The summed E-state index contributed by atoms with van der Waals surface area (Å²) >= 11 is 3.34. The molecule has 0 aliphatic rings. The lowest BCUT2D eigenvalue weighted by Crippen LogP contribution is -2.24. The SMILES string of the molecule is CCCN(CC#N)Cc1ccc(Br)cn1. The van der Waals surface area contributed by atoms with Gasteiger partial charge in [-0.05, 0) is 41.0 Å². The Morgan fingerprint density at radius 1 is 1.53 bits per heavy atom. The van der Waals surface area contributed by atoms with E-state index in [-0.39, 0.29) is 0 Å². The van der Waals surface area contributed by atoms with E-state index in [1.807, 2.05) is 12.1 Å². The Kier molecular flexibility index (Phi) is 5.30. The predicted molar refractivity (Wildman–Crippen MR) is 63.1 cm³/mol. The average molecular weight is 268 g/mol. The van der Waals surface area contributed by atoms with Crippen molar-refractivity contribution in [3.63, 3.8) is 0 Å². The lowest BCUT2D eigenvalue weighted by molar-refractivity contribution is 0.295. The highest BCUT2D eigenvalue weighted by molar-refractivity contribution is 9.10. The summed E-state index contributed by atoms with van der Waals surface area (Å²) in [5.41, 5.74) is 1.00. The zero-order chi connectivity index (χ0) is 11.1. The van der Waals surface area contributed by atoms with E-state index in [2.05, 4.69) is 38.8 Å². The third-order valence-corrected chi connectivity index (χ3v) is 2.48. The quantitative estimate of drug-likeness (QED) is 0.770. The Morgan fingerprint density at radius 3 is 2.87 bits per heavy atom. The molecule has 0 spiro atoms. The molecule has 0 aliphatic heterocycles. The van der Waals surface area contributed by atoms with Crippen molar-refractivity contribution in [2.75, 3.05) is 13.1 Å². The summed E-state index contributed by atoms with van der Waals surface area (Å²) in [5.74, 6) is 0. The van der Waals surface area contributed by atoms with Gasteiger partial charge in [0.15, 0.2) is 0 Å². The van der Waals surface area contributed by atoms with E-state index < -0.39 is 0 Å². The minimum Gasteiger partial charge on any atom is -0.285 e. The van der Waals surface area contributed by atoms with E-state index in [9.17, 15) is 0 Å². The minimum atomic E-state index is 0.464. The minimum absolute atomic E-state index is 0.464. The molecule has 3 nitrogen and oxygen atoms in total. The van der Waals surface area contributed by atoms with Crippen LogP contribution in [-0.4, -0.2) is 23.0 Å². The molecule has 15 heavy (non-hydrogen) atoms. The van der Waals surface area contributed by atoms with Gasteiger partial charge in [-0.2, -0.15) is 5.26 Å². The molecule has 1 rings (SSSR count). The van der Waals surface area contributed by atoms with Crippen LogP contribution in [0.25, 0.3) is 0 Å². The van der Waals surface area contributed by atoms with Crippen LogP contribution in [-0.2, 0) is 6.54 Å². The van der Waals surface area contributed by atoms with Crippen LogP contribution in [0.3, 0.4) is 0 Å². The number of halogens is 1. The Labute approximate surface area is 98.9 Å². The number of aromatic nitrogens is 1. The first kappa shape index (κ1) is 12.2. The maximum atomic E-state index is 8.67. The Balaban J connectivity index is 2.57. The Hall–Kier alpha value is -0.920. The van der Waals surface area contributed by atoms with Crippen LogP contribution < -0.4 is 0 Å². The number of pyridine rings is 1. The van der Waals surface area contributed by atoms with Crippen LogP contribution in [0.2, 0.25) is 0 Å². The standard InChI is InChI=1S/C11H14BrN3/c1-2-6-15(7-5-13)9-11-4-3-10(12)8-14-11/h3-4,8H,2,6-7,9H2,1H3. The summed E-state index contributed by atoms with van der Waals surface area (Å²) in [6, 6.07) is 6.12. The van der Waals surface area contributed by atoms with Gasteiger partial charge in [0.05, 0.1) is 18.3 Å². The van der Waals surface area contributed by atoms with Crippen molar-refractivity contribution in [2.45, 2.75) is 19.9 Å². The fourth-order valence-corrected chi connectivity index (χ4v) is 1.59. The van der Waals surface area contributed by atoms with Crippen molar-refractivity contribution in [1.29, 1.82) is 5.26 Å². The highest BCUT2D eigenvalue weighted by Gasteiger charge is 2.04. The largest absolute Gasteiger partial charge is 0.285 e. The second-order valence-corrected chi connectivity index (χ2v) is 4.25. The first-order valence-corrected chi connectivity index (χ1v) is 5.75. The maximum Gasteiger partial charge on any atom is 0.0869 e. The Morgan fingerprint density at radius 2 is 2.33 bits per heavy atom. The smallest absolute Gasteiger partial charge is 0.0869 e. The monoisotopic (exact) mass is 267 g/mol. The highest BCUT2D eigenvalue weighted by atomic mass is 79.9. The zero-order valence-electron chi connectivity index (χ0n) is 8.78. The molecule has 0 amide bonds. The summed E-state index contributed by atoms with van der Waals surface area (Å²) in [4.78, 5) is 6.38. The molecular weight excluding hydrogens is 254 g/mol. The fourth-order valence-electron chi connectivity index (χ4n) is 1.36. The number of nitriles is 1. The molecule has 0 radical (unpaired) electrons. The first-order chi connectivity index (χ1) is 7.26. The molecular formula is C11H14BrN3. The number of rotatable bonds is 5. The van der Waals surface area contributed by atoms with Crippen molar-refractivity contribution in [3.8, 4) is 6.07 Å². The van der Waals surface area contributed by atoms with Crippen molar-refractivity contribution < 1.29 is 0 Å². The predicted octanol–water partition coefficient (Wildman–Crippen LogP) is 2.58. The number of hydrogen-bond donors (Lipinski definition) is 0. The number of nitrogens with zero attached hydrogens (tertiary/aromatic N) is 3. The van der Waals surface area contributed by atoms with Gasteiger partial charge in [-0.3, -0.25) is 9.88 Å². The van der Waals surface area contributed by atoms with Crippen molar-refractivity contribution in [1.82, 2.24) is 9.88 Å². The molecule has 0 unspecified atom stereocenters. The number of hydrogen-bond acceptors (Lipinski definition) is 3. The van der Waals surface area contributed by atoms with Crippen LogP contribution in [0.4, 0.5) is 0 Å². The Bertz CT molecular complexity index is 329. The zero-order valence-corrected chi connectivity index (χ0v) is 10.4. The first-order valence-electron chi connectivity index (χ1n) is 4.96. The third kappa shape index (κ3) is 4.41. The molecule has 1 aromatic rings. The maximum absolute atomic E-state index is 8.67. The average Bonchev–Trinajstić information content (AvgIpc) is 2.22. The summed E-state index contributed by atoms with van der Waals surface area (Å²) < 4.78 is 0.980. The van der Waals surface area contributed by atoms with Crippen LogP contribution in [0, 0.1) is 11.3 Å². The van der Waals surface area contributed by atoms with E-state index in [1.165, 1.54) is 0 Å². The summed E-state index contributed by atoms with van der Waals surface area (Å²) in [6.07, 6.45) is 2.84. The molecule has 0 fully saturated rings. The van der Waals surface area contributed by atoms with Crippen LogP contribution in [0.15, 0.2) is 22.8 Å². The topological polar surface area (TPSA) is 39.9 Å². The van der Waals surface area contributed by atoms with Crippen LogP contribution in [0.1, 0.15) is 19.0 Å². The molecule has 0 saturated heterocycles. The molecule has 0 aliphatic carbocycles. The van der Waals surface area contributed by atoms with Gasteiger partial charge < -0.3 is 0 Å². The second-order valence-electron chi connectivity index (χ2n) is 3.34. The lowest BCUT2D eigenvalue weighted by Gasteiger charge is -2.17. The molecule has 1 aromatic heterocycles. The van der Waals surface area contributed by atoms with Gasteiger partial charge in [0.2, 0.25) is 0 Å². The van der Waals surface area contributed by atoms with Gasteiger partial charge in [-0.15, -0.1) is 0 Å². The van der Waals surface area contributed by atoms with Crippen molar-refractivity contribution in [3.05, 3.63) is 28.5 Å². The van der Waals surface area contributed by atoms with Crippen LogP contribution in [0.5, 0.6) is 0 Å². The highest BCUT2D eigenvalue weighted by Crippen LogP contribution is 2.09. The van der Waals surface area contributed by atoms with Gasteiger partial charge in [-0.1, -0.05) is 6.92 Å². The summed E-state index contributed by atoms with van der Waals surface area (Å²) in [5, 5.41) is 8.67. The third-order valence-electron chi connectivity index (χ3n) is 2.01. The molecule has 80 valence electrons. The fraction of sp³-hybridized carbons (Fsp3) is 0.455. The van der Waals surface area contributed by atoms with E-state index in [1.54, 1.807) is 6.20 Å². The van der Waals surface area contributed by atoms with E-state index in [4.69, 9.17) is 5.26 Å². The van der Waals surface area contributed by atoms with Crippen molar-refractivity contribution >= 4 is 15.9 Å². The normalized spacial score (nSPS) is 10.3. The van der Waals surface area contributed by atoms with Gasteiger partial charge >= 0.3 is 0 Å². The summed E-state index contributed by atoms with van der Waals surface area (Å²) in [7, 11) is 0.